The Morgan fingerprint density at radius 2 is 1.80 bits per heavy atom. The molecular weight excluding hydrogens is 250 g/mol. The van der Waals surface area contributed by atoms with Crippen LogP contribution < -0.4 is 14.8 Å². The SMILES string of the molecule is Cc1ccc(C)c(C(C)Nc2ccc3c(c2)OCO3)c1. The van der Waals surface area contributed by atoms with Gasteiger partial charge in [0.05, 0.1) is 0 Å². The molecule has 2 aromatic carbocycles. The Morgan fingerprint density at radius 3 is 2.65 bits per heavy atom. The van der Waals surface area contributed by atoms with Crippen LogP contribution in [0.15, 0.2) is 36.4 Å². The van der Waals surface area contributed by atoms with Crippen LogP contribution in [0, 0.1) is 13.8 Å². The minimum Gasteiger partial charge on any atom is -0.454 e. The first-order valence-electron chi connectivity index (χ1n) is 6.87. The van der Waals surface area contributed by atoms with Crippen molar-refractivity contribution in [1.82, 2.24) is 0 Å². The summed E-state index contributed by atoms with van der Waals surface area (Å²) in [6, 6.07) is 12.8. The molecule has 0 aliphatic carbocycles. The molecular formula is C17H19NO2. The lowest BCUT2D eigenvalue weighted by molar-refractivity contribution is 0.174. The van der Waals surface area contributed by atoms with Crippen molar-refractivity contribution in [1.29, 1.82) is 0 Å². The van der Waals surface area contributed by atoms with Crippen LogP contribution in [0.5, 0.6) is 11.5 Å². The molecule has 3 rings (SSSR count). The minimum atomic E-state index is 0.246. The quantitative estimate of drug-likeness (QED) is 0.905. The van der Waals surface area contributed by atoms with Gasteiger partial charge in [0.25, 0.3) is 0 Å². The molecule has 0 fully saturated rings. The minimum absolute atomic E-state index is 0.246. The highest BCUT2D eigenvalue weighted by Gasteiger charge is 2.15. The maximum atomic E-state index is 5.41. The van der Waals surface area contributed by atoms with Crippen LogP contribution in [0.25, 0.3) is 0 Å². The Kier molecular flexibility index (Phi) is 3.26. The maximum Gasteiger partial charge on any atom is 0.231 e. The predicted molar refractivity (Wildman–Crippen MR) is 80.5 cm³/mol. The van der Waals surface area contributed by atoms with Gasteiger partial charge in [-0.05, 0) is 44.0 Å². The fourth-order valence-corrected chi connectivity index (χ4v) is 2.54. The molecule has 3 heteroatoms. The number of hydrogen-bond acceptors (Lipinski definition) is 3. The van der Waals surface area contributed by atoms with Gasteiger partial charge in [-0.2, -0.15) is 0 Å². The fourth-order valence-electron chi connectivity index (χ4n) is 2.54. The van der Waals surface area contributed by atoms with E-state index in [0.717, 1.165) is 17.2 Å². The molecule has 1 atom stereocenters. The van der Waals surface area contributed by atoms with Crippen molar-refractivity contribution in [2.45, 2.75) is 26.8 Å². The van der Waals surface area contributed by atoms with E-state index < -0.39 is 0 Å². The second-order valence-electron chi connectivity index (χ2n) is 5.29. The van der Waals surface area contributed by atoms with Gasteiger partial charge in [0.2, 0.25) is 6.79 Å². The van der Waals surface area contributed by atoms with Gasteiger partial charge in [-0.25, -0.2) is 0 Å². The Hall–Kier alpha value is -2.16. The summed E-state index contributed by atoms with van der Waals surface area (Å²) in [6.07, 6.45) is 0. The summed E-state index contributed by atoms with van der Waals surface area (Å²) in [5.41, 5.74) is 4.95. The van der Waals surface area contributed by atoms with Crippen LogP contribution in [-0.2, 0) is 0 Å². The number of ether oxygens (including phenoxy) is 2. The van der Waals surface area contributed by atoms with Crippen LogP contribution in [-0.4, -0.2) is 6.79 Å². The van der Waals surface area contributed by atoms with Crippen molar-refractivity contribution in [3.63, 3.8) is 0 Å². The van der Waals surface area contributed by atoms with Crippen molar-refractivity contribution in [2.24, 2.45) is 0 Å². The summed E-state index contributed by atoms with van der Waals surface area (Å²) in [5.74, 6) is 1.62. The van der Waals surface area contributed by atoms with Gasteiger partial charge in [0, 0.05) is 17.8 Å². The van der Waals surface area contributed by atoms with Crippen LogP contribution in [0.2, 0.25) is 0 Å². The molecule has 104 valence electrons. The van der Waals surface area contributed by atoms with Gasteiger partial charge in [-0.15, -0.1) is 0 Å². The number of nitrogens with one attached hydrogen (secondary N) is 1. The lowest BCUT2D eigenvalue weighted by Crippen LogP contribution is -2.08. The molecule has 20 heavy (non-hydrogen) atoms. The van der Waals surface area contributed by atoms with E-state index in [0.29, 0.717) is 6.79 Å². The highest BCUT2D eigenvalue weighted by atomic mass is 16.7. The molecule has 1 unspecified atom stereocenters. The van der Waals surface area contributed by atoms with Crippen molar-refractivity contribution in [3.05, 3.63) is 53.1 Å². The molecule has 0 aromatic heterocycles. The number of anilines is 1. The summed E-state index contributed by atoms with van der Waals surface area (Å²) < 4.78 is 10.7. The number of aryl methyl sites for hydroxylation is 2. The van der Waals surface area contributed by atoms with Crippen molar-refractivity contribution in [3.8, 4) is 11.5 Å². The molecule has 0 saturated heterocycles. The fraction of sp³-hybridized carbons (Fsp3) is 0.294. The van der Waals surface area contributed by atoms with Crippen LogP contribution in [0.1, 0.15) is 29.7 Å². The molecule has 1 aliphatic heterocycles. The van der Waals surface area contributed by atoms with Gasteiger partial charge in [0.1, 0.15) is 0 Å². The van der Waals surface area contributed by atoms with E-state index in [4.69, 9.17) is 9.47 Å². The van der Waals surface area contributed by atoms with Crippen LogP contribution in [0.3, 0.4) is 0 Å². The summed E-state index contributed by atoms with van der Waals surface area (Å²) in [4.78, 5) is 0. The number of benzene rings is 2. The smallest absolute Gasteiger partial charge is 0.231 e. The zero-order chi connectivity index (χ0) is 14.1. The molecule has 1 heterocycles. The standard InChI is InChI=1S/C17H19NO2/c1-11-4-5-12(2)15(8-11)13(3)18-14-6-7-16-17(9-14)20-10-19-16/h4-9,13,18H,10H2,1-3H3. The van der Waals surface area contributed by atoms with E-state index in [-0.39, 0.29) is 6.04 Å². The first-order chi connectivity index (χ1) is 9.63. The number of rotatable bonds is 3. The molecule has 1 aliphatic rings. The molecule has 0 saturated carbocycles. The molecule has 0 spiro atoms. The zero-order valence-electron chi connectivity index (χ0n) is 12.1. The lowest BCUT2D eigenvalue weighted by atomic mass is 10.00. The first kappa shape index (κ1) is 12.9. The molecule has 1 N–H and O–H groups in total. The van der Waals surface area contributed by atoms with Gasteiger partial charge >= 0.3 is 0 Å². The zero-order valence-corrected chi connectivity index (χ0v) is 12.1. The monoisotopic (exact) mass is 269 g/mol. The van der Waals surface area contributed by atoms with Gasteiger partial charge in [0.15, 0.2) is 11.5 Å². The molecule has 0 amide bonds. The topological polar surface area (TPSA) is 30.5 Å². The van der Waals surface area contributed by atoms with E-state index in [1.54, 1.807) is 0 Å². The second kappa shape index (κ2) is 5.08. The molecule has 0 radical (unpaired) electrons. The highest BCUT2D eigenvalue weighted by molar-refractivity contribution is 5.56. The van der Waals surface area contributed by atoms with E-state index in [9.17, 15) is 0 Å². The Morgan fingerprint density at radius 1 is 1.00 bits per heavy atom. The third kappa shape index (κ3) is 2.44. The number of fused-ring (bicyclic) bond motifs is 1. The molecule has 3 nitrogen and oxygen atoms in total. The second-order valence-corrected chi connectivity index (χ2v) is 5.29. The number of hydrogen-bond donors (Lipinski definition) is 1. The Balaban J connectivity index is 1.82. The van der Waals surface area contributed by atoms with Gasteiger partial charge in [-0.3, -0.25) is 0 Å². The normalized spacial score (nSPS) is 14.2. The van der Waals surface area contributed by atoms with Gasteiger partial charge in [-0.1, -0.05) is 23.8 Å². The Labute approximate surface area is 119 Å². The van der Waals surface area contributed by atoms with Crippen LogP contribution >= 0.6 is 0 Å². The van der Waals surface area contributed by atoms with E-state index in [1.165, 1.54) is 16.7 Å². The average molecular weight is 269 g/mol. The molecule has 2 aromatic rings. The average Bonchev–Trinajstić information content (AvgIpc) is 2.89. The third-order valence-electron chi connectivity index (χ3n) is 3.66. The van der Waals surface area contributed by atoms with E-state index in [1.807, 2.05) is 18.2 Å². The summed E-state index contributed by atoms with van der Waals surface area (Å²) in [7, 11) is 0. The highest BCUT2D eigenvalue weighted by Crippen LogP contribution is 2.35. The largest absolute Gasteiger partial charge is 0.454 e. The summed E-state index contributed by atoms with van der Waals surface area (Å²) in [6.45, 7) is 6.75. The lowest BCUT2D eigenvalue weighted by Gasteiger charge is -2.18. The molecule has 0 bridgehead atoms. The summed E-state index contributed by atoms with van der Waals surface area (Å²) in [5, 5.41) is 3.52. The maximum absolute atomic E-state index is 5.41. The Bertz CT molecular complexity index is 637. The van der Waals surface area contributed by atoms with Crippen LogP contribution in [0.4, 0.5) is 5.69 Å². The predicted octanol–water partition coefficient (Wildman–Crippen LogP) is 4.21. The van der Waals surface area contributed by atoms with E-state index in [2.05, 4.69) is 44.3 Å². The van der Waals surface area contributed by atoms with Crippen molar-refractivity contribution < 1.29 is 9.47 Å². The van der Waals surface area contributed by atoms with Crippen molar-refractivity contribution in [2.75, 3.05) is 12.1 Å². The van der Waals surface area contributed by atoms with Crippen molar-refractivity contribution >= 4 is 5.69 Å². The first-order valence-corrected chi connectivity index (χ1v) is 6.87. The van der Waals surface area contributed by atoms with Gasteiger partial charge < -0.3 is 14.8 Å². The third-order valence-corrected chi connectivity index (χ3v) is 3.66. The summed E-state index contributed by atoms with van der Waals surface area (Å²) >= 11 is 0. The van der Waals surface area contributed by atoms with E-state index >= 15 is 0 Å².